The van der Waals surface area contributed by atoms with Gasteiger partial charge in [-0.25, -0.2) is 8.42 Å². The molecule has 0 spiro atoms. The first-order chi connectivity index (χ1) is 17.2. The summed E-state index contributed by atoms with van der Waals surface area (Å²) in [6, 6.07) is 23.9. The zero-order valence-corrected chi connectivity index (χ0v) is 21.3. The lowest BCUT2D eigenvalue weighted by molar-refractivity contribution is 0.102. The third kappa shape index (κ3) is 5.60. The molecular formula is C27H20Cl2N2O4S. The third-order valence-electron chi connectivity index (χ3n) is 5.38. The van der Waals surface area contributed by atoms with E-state index in [0.29, 0.717) is 16.3 Å². The van der Waals surface area contributed by atoms with E-state index in [1.165, 1.54) is 30.3 Å². The highest BCUT2D eigenvalue weighted by molar-refractivity contribution is 7.92. The van der Waals surface area contributed by atoms with Gasteiger partial charge in [-0.05, 0) is 55.0 Å². The molecule has 0 aliphatic carbocycles. The van der Waals surface area contributed by atoms with Gasteiger partial charge in [-0.15, -0.1) is 0 Å². The number of nitrogens with one attached hydrogen (secondary N) is 2. The second-order valence-electron chi connectivity index (χ2n) is 7.90. The second kappa shape index (κ2) is 10.5. The molecular weight excluding hydrogens is 519 g/mol. The van der Waals surface area contributed by atoms with Crippen LogP contribution < -0.4 is 10.0 Å². The van der Waals surface area contributed by atoms with E-state index in [1.807, 2.05) is 0 Å². The molecule has 0 saturated heterocycles. The molecule has 0 saturated carbocycles. The Kier molecular flexibility index (Phi) is 7.45. The van der Waals surface area contributed by atoms with Gasteiger partial charge in [-0.1, -0.05) is 71.7 Å². The maximum Gasteiger partial charge on any atom is 0.263 e. The van der Waals surface area contributed by atoms with Gasteiger partial charge in [0.2, 0.25) is 0 Å². The normalized spacial score (nSPS) is 11.1. The molecule has 0 atom stereocenters. The Morgan fingerprint density at radius 3 is 2.17 bits per heavy atom. The summed E-state index contributed by atoms with van der Waals surface area (Å²) >= 11 is 12.3. The number of sulfonamides is 1. The molecule has 4 aromatic rings. The Balaban J connectivity index is 1.64. The van der Waals surface area contributed by atoms with Crippen LogP contribution in [0.4, 0.5) is 11.4 Å². The van der Waals surface area contributed by atoms with Crippen LogP contribution in [0.5, 0.6) is 0 Å². The van der Waals surface area contributed by atoms with Crippen LogP contribution in [-0.4, -0.2) is 20.1 Å². The summed E-state index contributed by atoms with van der Waals surface area (Å²) in [5.74, 6) is -0.946. The maximum absolute atomic E-state index is 13.1. The van der Waals surface area contributed by atoms with Crippen molar-refractivity contribution in [3.63, 3.8) is 0 Å². The number of halogens is 2. The molecule has 0 fully saturated rings. The fourth-order valence-electron chi connectivity index (χ4n) is 3.49. The van der Waals surface area contributed by atoms with E-state index >= 15 is 0 Å². The number of rotatable bonds is 7. The van der Waals surface area contributed by atoms with Crippen LogP contribution in [0.1, 0.15) is 31.8 Å². The Hall–Kier alpha value is -3.65. The second-order valence-corrected chi connectivity index (χ2v) is 10.4. The number of carbonyl (C=O) groups excluding carboxylic acids is 2. The fraction of sp³-hybridized carbons (Fsp3) is 0.0370. The minimum Gasteiger partial charge on any atom is -0.321 e. The zero-order valence-electron chi connectivity index (χ0n) is 19.0. The van der Waals surface area contributed by atoms with Crippen LogP contribution in [0.15, 0.2) is 95.9 Å². The zero-order chi connectivity index (χ0) is 25.9. The first-order valence-electron chi connectivity index (χ1n) is 10.7. The molecule has 0 unspecified atom stereocenters. The summed E-state index contributed by atoms with van der Waals surface area (Å²) < 4.78 is 28.6. The predicted octanol–water partition coefficient (Wildman–Crippen LogP) is 6.59. The molecule has 36 heavy (non-hydrogen) atoms. The largest absolute Gasteiger partial charge is 0.321 e. The molecule has 0 heterocycles. The van der Waals surface area contributed by atoms with Crippen LogP contribution in [-0.2, 0) is 10.0 Å². The summed E-state index contributed by atoms with van der Waals surface area (Å²) in [6.07, 6.45) is 0. The number of amides is 1. The Labute approximate surface area is 218 Å². The van der Waals surface area contributed by atoms with Gasteiger partial charge in [0, 0.05) is 21.7 Å². The van der Waals surface area contributed by atoms with E-state index in [0.717, 1.165) is 5.56 Å². The number of hydrogen-bond donors (Lipinski definition) is 2. The lowest BCUT2D eigenvalue weighted by Crippen LogP contribution is -2.18. The molecule has 0 radical (unpaired) electrons. The Bertz CT molecular complexity index is 1570. The van der Waals surface area contributed by atoms with Gasteiger partial charge in [-0.3, -0.25) is 14.3 Å². The summed E-state index contributed by atoms with van der Waals surface area (Å²) in [6.45, 7) is 1.77. The highest BCUT2D eigenvalue weighted by Gasteiger charge is 2.22. The van der Waals surface area contributed by atoms with Crippen LogP contribution in [0, 0.1) is 6.92 Å². The quantitative estimate of drug-likeness (QED) is 0.259. The van der Waals surface area contributed by atoms with Gasteiger partial charge in [-0.2, -0.15) is 0 Å². The molecule has 9 heteroatoms. The molecule has 2 N–H and O–H groups in total. The summed E-state index contributed by atoms with van der Waals surface area (Å²) in [4.78, 5) is 25.9. The number of para-hydroxylation sites is 1. The molecule has 1 amide bonds. The Morgan fingerprint density at radius 1 is 0.750 bits per heavy atom. The average molecular weight is 539 g/mol. The number of ketones is 1. The molecule has 6 nitrogen and oxygen atoms in total. The smallest absolute Gasteiger partial charge is 0.263 e. The fourth-order valence-corrected chi connectivity index (χ4v) is 5.32. The van der Waals surface area contributed by atoms with Crippen molar-refractivity contribution in [3.8, 4) is 0 Å². The number of carbonyl (C=O) groups is 2. The van der Waals surface area contributed by atoms with Gasteiger partial charge in [0.25, 0.3) is 15.9 Å². The first-order valence-corrected chi connectivity index (χ1v) is 13.0. The minimum absolute atomic E-state index is 0.0395. The van der Waals surface area contributed by atoms with Gasteiger partial charge in [0.15, 0.2) is 5.78 Å². The standard InChI is InChI=1S/C27H20Cl2N2O4S/c1-17-7-5-6-10-23(17)31-36(34,35)25-15-19(11-13-22(25)29)27(33)30-24-14-12-20(28)16-21(24)26(32)18-8-3-2-4-9-18/h2-16,31H,1H3,(H,30,33). The van der Waals surface area contributed by atoms with E-state index < -0.39 is 15.9 Å². The highest BCUT2D eigenvalue weighted by Crippen LogP contribution is 2.28. The SMILES string of the molecule is Cc1ccccc1NS(=O)(=O)c1cc(C(=O)Nc2ccc(Cl)cc2C(=O)c2ccccc2)ccc1Cl. The van der Waals surface area contributed by atoms with E-state index in [1.54, 1.807) is 67.6 Å². The number of benzene rings is 4. The molecule has 0 bridgehead atoms. The van der Waals surface area contributed by atoms with Crippen LogP contribution in [0.25, 0.3) is 0 Å². The van der Waals surface area contributed by atoms with E-state index in [-0.39, 0.29) is 32.5 Å². The number of aryl methyl sites for hydroxylation is 1. The van der Waals surface area contributed by atoms with E-state index in [9.17, 15) is 18.0 Å². The van der Waals surface area contributed by atoms with Crippen LogP contribution in [0.2, 0.25) is 10.0 Å². The minimum atomic E-state index is -4.09. The van der Waals surface area contributed by atoms with Crippen molar-refractivity contribution < 1.29 is 18.0 Å². The van der Waals surface area contributed by atoms with Crippen LogP contribution in [0.3, 0.4) is 0 Å². The number of anilines is 2. The molecule has 4 rings (SSSR count). The lowest BCUT2D eigenvalue weighted by atomic mass is 10.0. The number of hydrogen-bond acceptors (Lipinski definition) is 4. The molecule has 0 aromatic heterocycles. The molecule has 182 valence electrons. The summed E-state index contributed by atoms with van der Waals surface area (Å²) in [5.41, 5.74) is 2.02. The van der Waals surface area contributed by atoms with Gasteiger partial charge < -0.3 is 5.32 Å². The molecule has 0 aliphatic heterocycles. The van der Waals surface area contributed by atoms with Gasteiger partial charge in [0.05, 0.1) is 16.4 Å². The van der Waals surface area contributed by atoms with Crippen molar-refractivity contribution in [3.05, 3.63) is 123 Å². The van der Waals surface area contributed by atoms with Crippen molar-refractivity contribution >= 4 is 56.3 Å². The Morgan fingerprint density at radius 2 is 1.44 bits per heavy atom. The van der Waals surface area contributed by atoms with Crippen molar-refractivity contribution in [2.45, 2.75) is 11.8 Å². The molecule has 4 aromatic carbocycles. The molecule has 0 aliphatic rings. The first kappa shape index (κ1) is 25.4. The van der Waals surface area contributed by atoms with Gasteiger partial charge >= 0.3 is 0 Å². The summed E-state index contributed by atoms with van der Waals surface area (Å²) in [7, 11) is -4.09. The van der Waals surface area contributed by atoms with E-state index in [4.69, 9.17) is 23.2 Å². The lowest BCUT2D eigenvalue weighted by Gasteiger charge is -2.14. The van der Waals surface area contributed by atoms with Crippen LogP contribution >= 0.6 is 23.2 Å². The summed E-state index contributed by atoms with van der Waals surface area (Å²) in [5, 5.41) is 2.97. The van der Waals surface area contributed by atoms with Crippen molar-refractivity contribution in [2.24, 2.45) is 0 Å². The third-order valence-corrected chi connectivity index (χ3v) is 7.46. The maximum atomic E-state index is 13.1. The predicted molar refractivity (Wildman–Crippen MR) is 143 cm³/mol. The monoisotopic (exact) mass is 538 g/mol. The highest BCUT2D eigenvalue weighted by atomic mass is 35.5. The van der Waals surface area contributed by atoms with E-state index in [2.05, 4.69) is 10.0 Å². The average Bonchev–Trinajstić information content (AvgIpc) is 2.86. The van der Waals surface area contributed by atoms with Gasteiger partial charge in [0.1, 0.15) is 4.90 Å². The van der Waals surface area contributed by atoms with Crippen molar-refractivity contribution in [2.75, 3.05) is 10.0 Å². The topological polar surface area (TPSA) is 92.3 Å². The van der Waals surface area contributed by atoms with Crippen molar-refractivity contribution in [1.82, 2.24) is 0 Å². The van der Waals surface area contributed by atoms with Crippen molar-refractivity contribution in [1.29, 1.82) is 0 Å².